The lowest BCUT2D eigenvalue weighted by molar-refractivity contribution is -0.120. The van der Waals surface area contributed by atoms with E-state index in [0.29, 0.717) is 0 Å². The normalized spacial score (nSPS) is 15.8. The summed E-state index contributed by atoms with van der Waals surface area (Å²) in [6.45, 7) is 0. The van der Waals surface area contributed by atoms with Crippen LogP contribution in [0.25, 0.3) is 0 Å². The second-order valence-corrected chi connectivity index (χ2v) is 6.73. The van der Waals surface area contributed by atoms with Crippen LogP contribution < -0.4 is 5.32 Å². The van der Waals surface area contributed by atoms with Gasteiger partial charge in [-0.25, -0.2) is 4.98 Å². The molecule has 4 heteroatoms. The highest BCUT2D eigenvalue weighted by molar-refractivity contribution is 7.15. The van der Waals surface area contributed by atoms with E-state index in [1.54, 1.807) is 11.3 Å². The van der Waals surface area contributed by atoms with Gasteiger partial charge in [0, 0.05) is 23.4 Å². The van der Waals surface area contributed by atoms with E-state index in [0.717, 1.165) is 24.4 Å². The van der Waals surface area contributed by atoms with E-state index in [9.17, 15) is 4.79 Å². The van der Waals surface area contributed by atoms with Crippen LogP contribution in [0.1, 0.15) is 42.5 Å². The molecule has 1 aromatic heterocycles. The third kappa shape index (κ3) is 3.91. The Bertz CT molecular complexity index is 588. The number of thiazole rings is 1. The number of nitrogens with one attached hydrogen (secondary N) is 1. The molecule has 1 heterocycles. The fraction of sp³-hybridized carbons (Fsp3) is 0.412. The van der Waals surface area contributed by atoms with Gasteiger partial charge in [-0.15, -0.1) is 11.3 Å². The lowest BCUT2D eigenvalue weighted by atomic mass is 9.89. The van der Waals surface area contributed by atoms with E-state index in [2.05, 4.69) is 22.4 Å². The molecule has 2 aromatic rings. The largest absolute Gasteiger partial charge is 0.302 e. The Morgan fingerprint density at radius 1 is 1.19 bits per heavy atom. The molecule has 0 radical (unpaired) electrons. The number of nitrogens with zero attached hydrogens (tertiary/aromatic N) is 1. The van der Waals surface area contributed by atoms with Crippen molar-refractivity contribution >= 4 is 22.4 Å². The summed E-state index contributed by atoms with van der Waals surface area (Å²) >= 11 is 1.58. The van der Waals surface area contributed by atoms with Gasteiger partial charge in [0.15, 0.2) is 5.13 Å². The van der Waals surface area contributed by atoms with Crippen molar-refractivity contribution in [2.45, 2.75) is 38.5 Å². The molecule has 0 aliphatic heterocycles. The van der Waals surface area contributed by atoms with Crippen LogP contribution in [-0.4, -0.2) is 10.9 Å². The van der Waals surface area contributed by atoms with Crippen molar-refractivity contribution in [1.29, 1.82) is 0 Å². The van der Waals surface area contributed by atoms with Crippen molar-refractivity contribution in [3.8, 4) is 0 Å². The van der Waals surface area contributed by atoms with Gasteiger partial charge in [0.1, 0.15) is 0 Å². The standard InChI is InChI=1S/C17H20N2OS/c20-16(14-9-5-2-6-10-14)19-17-18-12-15(21-17)11-13-7-3-1-4-8-13/h1,3-4,7-8,12,14H,2,5-6,9-11H2,(H,18,19,20). The summed E-state index contributed by atoms with van der Waals surface area (Å²) in [4.78, 5) is 17.7. The number of carbonyl (C=O) groups is 1. The molecule has 0 atom stereocenters. The first kappa shape index (κ1) is 14.3. The molecule has 1 aliphatic carbocycles. The number of carbonyl (C=O) groups excluding carboxylic acids is 1. The molecule has 3 nitrogen and oxygen atoms in total. The lowest BCUT2D eigenvalue weighted by Gasteiger charge is -2.19. The highest BCUT2D eigenvalue weighted by Gasteiger charge is 2.21. The van der Waals surface area contributed by atoms with Gasteiger partial charge in [0.25, 0.3) is 0 Å². The third-order valence-corrected chi connectivity index (χ3v) is 4.89. The summed E-state index contributed by atoms with van der Waals surface area (Å²) < 4.78 is 0. The van der Waals surface area contributed by atoms with E-state index >= 15 is 0 Å². The summed E-state index contributed by atoms with van der Waals surface area (Å²) in [5.74, 6) is 0.329. The summed E-state index contributed by atoms with van der Waals surface area (Å²) in [5, 5.41) is 3.72. The molecule has 1 aliphatic rings. The third-order valence-electron chi connectivity index (χ3n) is 3.98. The second kappa shape index (κ2) is 6.85. The zero-order valence-electron chi connectivity index (χ0n) is 12.0. The van der Waals surface area contributed by atoms with Gasteiger partial charge >= 0.3 is 0 Å². The SMILES string of the molecule is O=C(Nc1ncc(Cc2ccccc2)s1)C1CCCCC1. The van der Waals surface area contributed by atoms with Crippen LogP contribution in [0, 0.1) is 5.92 Å². The maximum atomic E-state index is 12.2. The van der Waals surface area contributed by atoms with Crippen molar-refractivity contribution in [3.63, 3.8) is 0 Å². The molecule has 0 bridgehead atoms. The van der Waals surface area contributed by atoms with Gasteiger partial charge in [0.05, 0.1) is 0 Å². The fourth-order valence-electron chi connectivity index (χ4n) is 2.82. The second-order valence-electron chi connectivity index (χ2n) is 5.62. The van der Waals surface area contributed by atoms with Crippen molar-refractivity contribution < 1.29 is 4.79 Å². The van der Waals surface area contributed by atoms with Crippen molar-refractivity contribution in [3.05, 3.63) is 47.0 Å². The number of rotatable bonds is 4. The quantitative estimate of drug-likeness (QED) is 0.917. The molecule has 110 valence electrons. The van der Waals surface area contributed by atoms with E-state index in [1.807, 2.05) is 24.4 Å². The molecule has 21 heavy (non-hydrogen) atoms. The maximum Gasteiger partial charge on any atom is 0.229 e. The Kier molecular flexibility index (Phi) is 4.65. The average Bonchev–Trinajstić information content (AvgIpc) is 2.96. The summed E-state index contributed by atoms with van der Waals surface area (Å²) in [6.07, 6.45) is 8.40. The zero-order chi connectivity index (χ0) is 14.5. The van der Waals surface area contributed by atoms with E-state index < -0.39 is 0 Å². The fourth-order valence-corrected chi connectivity index (χ4v) is 3.67. The van der Waals surface area contributed by atoms with Gasteiger partial charge < -0.3 is 5.32 Å². The van der Waals surface area contributed by atoms with E-state index in [-0.39, 0.29) is 11.8 Å². The minimum atomic E-state index is 0.148. The average molecular weight is 300 g/mol. The molecule has 1 saturated carbocycles. The Hall–Kier alpha value is -1.68. The number of benzene rings is 1. The Balaban J connectivity index is 1.58. The highest BCUT2D eigenvalue weighted by atomic mass is 32.1. The predicted molar refractivity (Wildman–Crippen MR) is 86.6 cm³/mol. The minimum Gasteiger partial charge on any atom is -0.302 e. The smallest absolute Gasteiger partial charge is 0.229 e. The number of hydrogen-bond donors (Lipinski definition) is 1. The van der Waals surface area contributed by atoms with Crippen molar-refractivity contribution in [2.75, 3.05) is 5.32 Å². The molecule has 0 unspecified atom stereocenters. The molecular weight excluding hydrogens is 280 g/mol. The number of amides is 1. The first-order valence-electron chi connectivity index (χ1n) is 7.61. The molecule has 0 saturated heterocycles. The maximum absolute atomic E-state index is 12.2. The van der Waals surface area contributed by atoms with Crippen molar-refractivity contribution in [2.24, 2.45) is 5.92 Å². The molecule has 1 fully saturated rings. The van der Waals surface area contributed by atoms with Crippen LogP contribution in [0.4, 0.5) is 5.13 Å². The summed E-state index contributed by atoms with van der Waals surface area (Å²) in [5.41, 5.74) is 1.27. The van der Waals surface area contributed by atoms with Crippen LogP contribution in [-0.2, 0) is 11.2 Å². The topological polar surface area (TPSA) is 42.0 Å². The number of anilines is 1. The first-order valence-corrected chi connectivity index (χ1v) is 8.42. The van der Waals surface area contributed by atoms with Gasteiger partial charge in [0.2, 0.25) is 5.91 Å². The van der Waals surface area contributed by atoms with Gasteiger partial charge in [-0.3, -0.25) is 4.79 Å². The number of aromatic nitrogens is 1. The highest BCUT2D eigenvalue weighted by Crippen LogP contribution is 2.26. The molecule has 0 spiro atoms. The van der Waals surface area contributed by atoms with Crippen molar-refractivity contribution in [1.82, 2.24) is 4.98 Å². The van der Waals surface area contributed by atoms with Gasteiger partial charge in [-0.2, -0.15) is 0 Å². The Morgan fingerprint density at radius 2 is 1.95 bits per heavy atom. The van der Waals surface area contributed by atoms with E-state index in [1.165, 1.54) is 29.7 Å². The molecular formula is C17H20N2OS. The van der Waals surface area contributed by atoms with Gasteiger partial charge in [-0.05, 0) is 18.4 Å². The van der Waals surface area contributed by atoms with Crippen LogP contribution in [0.5, 0.6) is 0 Å². The molecule has 1 N–H and O–H groups in total. The lowest BCUT2D eigenvalue weighted by Crippen LogP contribution is -2.24. The summed E-state index contributed by atoms with van der Waals surface area (Å²) in [7, 11) is 0. The summed E-state index contributed by atoms with van der Waals surface area (Å²) in [6, 6.07) is 10.3. The Labute approximate surface area is 129 Å². The molecule has 1 amide bonds. The van der Waals surface area contributed by atoms with Crippen LogP contribution in [0.15, 0.2) is 36.5 Å². The van der Waals surface area contributed by atoms with Crippen LogP contribution in [0.2, 0.25) is 0 Å². The predicted octanol–water partition coefficient (Wildman–Crippen LogP) is 4.25. The number of hydrogen-bond acceptors (Lipinski definition) is 3. The van der Waals surface area contributed by atoms with E-state index in [4.69, 9.17) is 0 Å². The van der Waals surface area contributed by atoms with Gasteiger partial charge in [-0.1, -0.05) is 49.6 Å². The van der Waals surface area contributed by atoms with Crippen LogP contribution >= 0.6 is 11.3 Å². The molecule has 1 aromatic carbocycles. The Morgan fingerprint density at radius 3 is 2.71 bits per heavy atom. The monoisotopic (exact) mass is 300 g/mol. The van der Waals surface area contributed by atoms with Crippen LogP contribution in [0.3, 0.4) is 0 Å². The zero-order valence-corrected chi connectivity index (χ0v) is 12.9. The minimum absolute atomic E-state index is 0.148. The first-order chi connectivity index (χ1) is 10.3. The molecule has 3 rings (SSSR count).